The van der Waals surface area contributed by atoms with Gasteiger partial charge in [0.25, 0.3) is 0 Å². The maximum Gasteiger partial charge on any atom is 0.235 e. The molecule has 34 heavy (non-hydrogen) atoms. The molecule has 1 aliphatic carbocycles. The summed E-state index contributed by atoms with van der Waals surface area (Å²) in [6, 6.07) is 7.32. The lowest BCUT2D eigenvalue weighted by Gasteiger charge is -2.15. The number of ether oxygens (including phenoxy) is 1. The fraction of sp³-hybridized carbons (Fsp3) is 0.391. The number of benzene rings is 1. The first kappa shape index (κ1) is 24.9. The van der Waals surface area contributed by atoms with Gasteiger partial charge < -0.3 is 14.6 Å². The number of nitrogens with zero attached hydrogens (tertiary/aromatic N) is 4. The molecule has 0 aliphatic heterocycles. The van der Waals surface area contributed by atoms with Crippen molar-refractivity contribution in [2.45, 2.75) is 50.3 Å². The average molecular weight is 537 g/mol. The number of nitriles is 1. The molecule has 0 spiro atoms. The number of carbonyl (C=O) groups excluding carboxylic acids is 1. The molecule has 4 rings (SSSR count). The highest BCUT2D eigenvalue weighted by Crippen LogP contribution is 2.37. The standard InChI is InChI=1S/C23H23Cl2N5O2S2/c1-13(32-18-9-8-14(24)10-17(18)25)21-28-29-23(30(21)2)33-12-20(31)27-22-16(11-26)15-6-4-3-5-7-19(15)34-22/h8-10,13H,3-7,12H2,1-2H3,(H,27,31). The number of nitrogens with one attached hydrogen (secondary N) is 1. The van der Waals surface area contributed by atoms with E-state index in [1.807, 2.05) is 14.0 Å². The van der Waals surface area contributed by atoms with E-state index in [1.54, 1.807) is 22.8 Å². The Morgan fingerprint density at radius 1 is 1.32 bits per heavy atom. The van der Waals surface area contributed by atoms with E-state index in [-0.39, 0.29) is 11.7 Å². The lowest BCUT2D eigenvalue weighted by molar-refractivity contribution is -0.113. The maximum atomic E-state index is 12.7. The van der Waals surface area contributed by atoms with Crippen LogP contribution in [0, 0.1) is 11.3 Å². The molecule has 1 aromatic carbocycles. The molecule has 1 atom stereocenters. The highest BCUT2D eigenvalue weighted by molar-refractivity contribution is 7.99. The molecule has 0 bridgehead atoms. The third-order valence-corrected chi connectivity index (χ3v) is 8.31. The van der Waals surface area contributed by atoms with Gasteiger partial charge in [-0.15, -0.1) is 21.5 Å². The van der Waals surface area contributed by atoms with E-state index in [4.69, 9.17) is 27.9 Å². The van der Waals surface area contributed by atoms with Crippen molar-refractivity contribution in [2.24, 2.45) is 7.05 Å². The molecular formula is C23H23Cl2N5O2S2. The molecule has 3 aromatic rings. The molecule has 178 valence electrons. The molecule has 11 heteroatoms. The predicted molar refractivity (Wildman–Crippen MR) is 136 cm³/mol. The van der Waals surface area contributed by atoms with Crippen LogP contribution in [-0.2, 0) is 24.7 Å². The van der Waals surface area contributed by atoms with Gasteiger partial charge in [-0.2, -0.15) is 5.26 Å². The molecule has 2 heterocycles. The molecule has 1 amide bonds. The zero-order valence-corrected chi connectivity index (χ0v) is 21.9. The SMILES string of the molecule is CC(Oc1ccc(Cl)cc1Cl)c1nnc(SCC(=O)Nc2sc3c(c2C#N)CCCCC3)n1C. The van der Waals surface area contributed by atoms with Gasteiger partial charge in [-0.05, 0) is 56.4 Å². The third-order valence-electron chi connectivity index (χ3n) is 5.55. The number of aromatic nitrogens is 3. The molecule has 1 aliphatic rings. The van der Waals surface area contributed by atoms with Crippen molar-refractivity contribution in [1.82, 2.24) is 14.8 Å². The van der Waals surface area contributed by atoms with Crippen LogP contribution in [-0.4, -0.2) is 26.4 Å². The largest absolute Gasteiger partial charge is 0.481 e. The van der Waals surface area contributed by atoms with Crippen molar-refractivity contribution in [1.29, 1.82) is 5.26 Å². The van der Waals surface area contributed by atoms with Crippen molar-refractivity contribution in [3.8, 4) is 11.8 Å². The molecule has 0 saturated heterocycles. The normalized spacial score (nSPS) is 14.1. The molecule has 2 aromatic heterocycles. The Kier molecular flexibility index (Phi) is 8.04. The zero-order valence-electron chi connectivity index (χ0n) is 18.7. The van der Waals surface area contributed by atoms with Gasteiger partial charge in [0.15, 0.2) is 17.1 Å². The van der Waals surface area contributed by atoms with Crippen molar-refractivity contribution < 1.29 is 9.53 Å². The van der Waals surface area contributed by atoms with E-state index in [0.29, 0.717) is 37.3 Å². The Balaban J connectivity index is 1.38. The van der Waals surface area contributed by atoms with E-state index < -0.39 is 6.10 Å². The van der Waals surface area contributed by atoms with Gasteiger partial charge in [0, 0.05) is 16.9 Å². The summed E-state index contributed by atoms with van der Waals surface area (Å²) in [5.74, 6) is 1.07. The van der Waals surface area contributed by atoms with Crippen LogP contribution in [0.5, 0.6) is 5.75 Å². The highest BCUT2D eigenvalue weighted by atomic mass is 35.5. The third kappa shape index (κ3) is 5.52. The van der Waals surface area contributed by atoms with Gasteiger partial charge in [-0.1, -0.05) is 41.4 Å². The molecule has 0 saturated carbocycles. The Morgan fingerprint density at radius 3 is 2.88 bits per heavy atom. The smallest absolute Gasteiger partial charge is 0.235 e. The first-order valence-electron chi connectivity index (χ1n) is 10.9. The Bertz CT molecular complexity index is 1250. The molecule has 0 fully saturated rings. The van der Waals surface area contributed by atoms with Gasteiger partial charge >= 0.3 is 0 Å². The summed E-state index contributed by atoms with van der Waals surface area (Å²) in [6.07, 6.45) is 4.86. The van der Waals surface area contributed by atoms with Crippen LogP contribution < -0.4 is 10.1 Å². The number of fused-ring (bicyclic) bond motifs is 1. The average Bonchev–Trinajstić information content (AvgIpc) is 3.24. The minimum absolute atomic E-state index is 0.150. The second-order valence-electron chi connectivity index (χ2n) is 7.95. The van der Waals surface area contributed by atoms with Crippen LogP contribution in [0.25, 0.3) is 0 Å². The van der Waals surface area contributed by atoms with Gasteiger partial charge in [0.1, 0.15) is 16.8 Å². The van der Waals surface area contributed by atoms with E-state index in [2.05, 4.69) is 21.6 Å². The van der Waals surface area contributed by atoms with Crippen LogP contribution >= 0.6 is 46.3 Å². The first-order valence-corrected chi connectivity index (χ1v) is 13.4. The van der Waals surface area contributed by atoms with E-state index >= 15 is 0 Å². The number of halogens is 2. The maximum absolute atomic E-state index is 12.7. The number of thiophene rings is 1. The summed E-state index contributed by atoms with van der Waals surface area (Å²) < 4.78 is 7.72. The number of thioether (sulfide) groups is 1. The summed E-state index contributed by atoms with van der Waals surface area (Å²) in [4.78, 5) is 13.9. The second-order valence-corrected chi connectivity index (χ2v) is 10.8. The topological polar surface area (TPSA) is 92.8 Å². The number of anilines is 1. The van der Waals surface area contributed by atoms with Crippen LogP contribution in [0.2, 0.25) is 10.0 Å². The minimum atomic E-state index is -0.418. The fourth-order valence-corrected chi connectivity index (χ4v) is 6.29. The predicted octanol–water partition coefficient (Wildman–Crippen LogP) is 6.19. The number of rotatable bonds is 7. The van der Waals surface area contributed by atoms with Crippen LogP contribution in [0.3, 0.4) is 0 Å². The van der Waals surface area contributed by atoms with Crippen molar-refractivity contribution in [2.75, 3.05) is 11.1 Å². The van der Waals surface area contributed by atoms with E-state index in [9.17, 15) is 10.1 Å². The van der Waals surface area contributed by atoms with Crippen LogP contribution in [0.15, 0.2) is 23.4 Å². The Morgan fingerprint density at radius 2 is 2.12 bits per heavy atom. The molecule has 1 unspecified atom stereocenters. The second kappa shape index (κ2) is 11.0. The number of amides is 1. The van der Waals surface area contributed by atoms with Gasteiger partial charge in [-0.3, -0.25) is 4.79 Å². The van der Waals surface area contributed by atoms with Crippen LogP contribution in [0.4, 0.5) is 5.00 Å². The Labute approximate surface area is 216 Å². The lowest BCUT2D eigenvalue weighted by atomic mass is 10.1. The van der Waals surface area contributed by atoms with E-state index in [0.717, 1.165) is 31.2 Å². The highest BCUT2D eigenvalue weighted by Gasteiger charge is 2.22. The van der Waals surface area contributed by atoms with Crippen LogP contribution in [0.1, 0.15) is 54.1 Å². The molecule has 1 N–H and O–H groups in total. The summed E-state index contributed by atoms with van der Waals surface area (Å²) in [7, 11) is 1.82. The van der Waals surface area contributed by atoms with Crippen molar-refractivity contribution in [3.05, 3.63) is 50.1 Å². The number of hydrogen-bond acceptors (Lipinski definition) is 7. The lowest BCUT2D eigenvalue weighted by Crippen LogP contribution is -2.15. The number of hydrogen-bond donors (Lipinski definition) is 1. The van der Waals surface area contributed by atoms with E-state index in [1.165, 1.54) is 34.4 Å². The van der Waals surface area contributed by atoms with Gasteiger partial charge in [-0.25, -0.2) is 0 Å². The summed E-state index contributed by atoms with van der Waals surface area (Å²) in [6.45, 7) is 1.85. The fourth-order valence-electron chi connectivity index (χ4n) is 3.86. The van der Waals surface area contributed by atoms with Crippen molar-refractivity contribution >= 4 is 57.2 Å². The summed E-state index contributed by atoms with van der Waals surface area (Å²) >= 11 is 15.0. The summed E-state index contributed by atoms with van der Waals surface area (Å²) in [5.41, 5.74) is 1.73. The number of carbonyl (C=O) groups is 1. The summed E-state index contributed by atoms with van der Waals surface area (Å²) in [5, 5.41) is 23.2. The number of aryl methyl sites for hydroxylation is 1. The van der Waals surface area contributed by atoms with Crippen molar-refractivity contribution in [3.63, 3.8) is 0 Å². The minimum Gasteiger partial charge on any atom is -0.481 e. The molecular weight excluding hydrogens is 513 g/mol. The molecule has 0 radical (unpaired) electrons. The first-order chi connectivity index (χ1) is 16.4. The van der Waals surface area contributed by atoms with Gasteiger partial charge in [0.2, 0.25) is 5.91 Å². The monoisotopic (exact) mass is 535 g/mol. The zero-order chi connectivity index (χ0) is 24.2. The van der Waals surface area contributed by atoms with Gasteiger partial charge in [0.05, 0.1) is 16.3 Å². The molecule has 7 nitrogen and oxygen atoms in total. The Hall–Kier alpha value is -2.25. The quantitative estimate of drug-likeness (QED) is 0.286.